The maximum atomic E-state index is 11.7. The van der Waals surface area contributed by atoms with Crippen molar-refractivity contribution in [2.75, 3.05) is 13.7 Å². The molecule has 7 nitrogen and oxygen atoms in total. The van der Waals surface area contributed by atoms with Crippen molar-refractivity contribution in [2.45, 2.75) is 20.0 Å². The highest BCUT2D eigenvalue weighted by Gasteiger charge is 2.20. The standard InChI is InChI=1S/C14H16BrClN2O5/c1-7-4-9(15)5-10(16)12(7)22-6-11(19)23-8(2)13(20)18-14(21)17-3/h4-5,8H,6H2,1-3H3,(H2,17,18,20,21)/t8-/m0/s1. The molecule has 0 aliphatic rings. The first-order valence-corrected chi connectivity index (χ1v) is 7.72. The van der Waals surface area contributed by atoms with E-state index in [9.17, 15) is 14.4 Å². The van der Waals surface area contributed by atoms with Gasteiger partial charge in [0.1, 0.15) is 5.75 Å². The minimum atomic E-state index is -1.13. The summed E-state index contributed by atoms with van der Waals surface area (Å²) in [6.07, 6.45) is -1.13. The van der Waals surface area contributed by atoms with Crippen molar-refractivity contribution in [3.8, 4) is 5.75 Å². The highest BCUT2D eigenvalue weighted by atomic mass is 79.9. The second-order valence-electron chi connectivity index (χ2n) is 4.52. The summed E-state index contributed by atoms with van der Waals surface area (Å²) < 4.78 is 11.0. The number of carbonyl (C=O) groups excluding carboxylic acids is 3. The van der Waals surface area contributed by atoms with Crippen molar-refractivity contribution in [2.24, 2.45) is 0 Å². The number of esters is 1. The number of benzene rings is 1. The molecule has 3 amide bonds. The van der Waals surface area contributed by atoms with Crippen LogP contribution in [0.1, 0.15) is 12.5 Å². The number of halogens is 2. The Morgan fingerprint density at radius 2 is 2.00 bits per heavy atom. The van der Waals surface area contributed by atoms with Crippen LogP contribution in [0.25, 0.3) is 0 Å². The molecule has 1 rings (SSSR count). The minimum Gasteiger partial charge on any atom is -0.480 e. The Kier molecular flexibility index (Phi) is 7.31. The third-order valence-corrected chi connectivity index (χ3v) is 3.41. The van der Waals surface area contributed by atoms with E-state index in [-0.39, 0.29) is 0 Å². The molecular formula is C14H16BrClN2O5. The largest absolute Gasteiger partial charge is 0.480 e. The lowest BCUT2D eigenvalue weighted by atomic mass is 10.2. The van der Waals surface area contributed by atoms with Gasteiger partial charge in [0.15, 0.2) is 12.7 Å². The van der Waals surface area contributed by atoms with Crippen molar-refractivity contribution in [1.29, 1.82) is 0 Å². The molecule has 0 aliphatic heterocycles. The molecule has 0 fully saturated rings. The van der Waals surface area contributed by atoms with Crippen LogP contribution >= 0.6 is 27.5 Å². The molecule has 0 radical (unpaired) electrons. The van der Waals surface area contributed by atoms with Crippen LogP contribution in [0.2, 0.25) is 5.02 Å². The van der Waals surface area contributed by atoms with E-state index in [4.69, 9.17) is 21.1 Å². The number of urea groups is 1. The van der Waals surface area contributed by atoms with Crippen molar-refractivity contribution >= 4 is 45.4 Å². The number of hydrogen-bond acceptors (Lipinski definition) is 5. The maximum absolute atomic E-state index is 11.7. The Labute approximate surface area is 146 Å². The number of ether oxygens (including phenoxy) is 2. The van der Waals surface area contributed by atoms with Crippen molar-refractivity contribution in [3.05, 3.63) is 27.2 Å². The third kappa shape index (κ3) is 6.07. The number of rotatable bonds is 5. The molecule has 0 unspecified atom stereocenters. The predicted octanol–water partition coefficient (Wildman–Crippen LogP) is 2.18. The number of hydrogen-bond donors (Lipinski definition) is 2. The molecule has 1 aromatic carbocycles. The molecule has 0 heterocycles. The molecule has 1 aromatic rings. The van der Waals surface area contributed by atoms with Crippen molar-refractivity contribution in [1.82, 2.24) is 10.6 Å². The third-order valence-electron chi connectivity index (χ3n) is 2.67. The van der Waals surface area contributed by atoms with Crippen LogP contribution in [0, 0.1) is 6.92 Å². The predicted molar refractivity (Wildman–Crippen MR) is 87.5 cm³/mol. The van der Waals surface area contributed by atoms with Gasteiger partial charge in [-0.15, -0.1) is 0 Å². The molecule has 0 aromatic heterocycles. The van der Waals surface area contributed by atoms with Gasteiger partial charge >= 0.3 is 12.0 Å². The van der Waals surface area contributed by atoms with Gasteiger partial charge < -0.3 is 14.8 Å². The summed E-state index contributed by atoms with van der Waals surface area (Å²) in [6.45, 7) is 2.70. The van der Waals surface area contributed by atoms with E-state index in [1.54, 1.807) is 19.1 Å². The number of nitrogens with one attached hydrogen (secondary N) is 2. The molecule has 0 saturated heterocycles. The fourth-order valence-electron chi connectivity index (χ4n) is 1.56. The molecule has 23 heavy (non-hydrogen) atoms. The Balaban J connectivity index is 2.55. The van der Waals surface area contributed by atoms with Gasteiger partial charge in [-0.25, -0.2) is 9.59 Å². The molecule has 0 bridgehead atoms. The van der Waals surface area contributed by atoms with Crippen LogP contribution in [0.15, 0.2) is 16.6 Å². The van der Waals surface area contributed by atoms with Crippen molar-refractivity contribution in [3.63, 3.8) is 0 Å². The number of amides is 3. The molecular weight excluding hydrogens is 392 g/mol. The van der Waals surface area contributed by atoms with Gasteiger partial charge in [0.05, 0.1) is 5.02 Å². The fraction of sp³-hybridized carbons (Fsp3) is 0.357. The average Bonchev–Trinajstić information content (AvgIpc) is 2.45. The van der Waals surface area contributed by atoms with E-state index < -0.39 is 30.6 Å². The lowest BCUT2D eigenvalue weighted by Gasteiger charge is -2.14. The Morgan fingerprint density at radius 1 is 1.35 bits per heavy atom. The van der Waals surface area contributed by atoms with Crippen LogP contribution in [-0.2, 0) is 14.3 Å². The van der Waals surface area contributed by atoms with Crippen LogP contribution in [0.5, 0.6) is 5.75 Å². The Morgan fingerprint density at radius 3 is 2.57 bits per heavy atom. The average molecular weight is 408 g/mol. The zero-order valence-electron chi connectivity index (χ0n) is 12.7. The first-order valence-electron chi connectivity index (χ1n) is 6.55. The summed E-state index contributed by atoms with van der Waals surface area (Å²) in [5.74, 6) is -1.15. The molecule has 126 valence electrons. The summed E-state index contributed by atoms with van der Waals surface area (Å²) in [7, 11) is 1.36. The van der Waals surface area contributed by atoms with Crippen LogP contribution in [0.4, 0.5) is 4.79 Å². The summed E-state index contributed by atoms with van der Waals surface area (Å²) >= 11 is 9.32. The van der Waals surface area contributed by atoms with Gasteiger partial charge in [-0.1, -0.05) is 27.5 Å². The second-order valence-corrected chi connectivity index (χ2v) is 5.85. The van der Waals surface area contributed by atoms with Gasteiger partial charge in [0.2, 0.25) is 0 Å². The highest BCUT2D eigenvalue weighted by Crippen LogP contribution is 2.31. The monoisotopic (exact) mass is 406 g/mol. The maximum Gasteiger partial charge on any atom is 0.344 e. The lowest BCUT2D eigenvalue weighted by Crippen LogP contribution is -2.43. The fourth-order valence-corrected chi connectivity index (χ4v) is 2.59. The minimum absolute atomic E-state index is 0.343. The molecule has 1 atom stereocenters. The number of aryl methyl sites for hydroxylation is 1. The number of carbonyl (C=O) groups is 3. The SMILES string of the molecule is CNC(=O)NC(=O)[C@H](C)OC(=O)COc1c(C)cc(Br)cc1Cl. The first-order chi connectivity index (χ1) is 10.7. The second kappa shape index (κ2) is 8.73. The smallest absolute Gasteiger partial charge is 0.344 e. The van der Waals surface area contributed by atoms with Gasteiger partial charge in [0, 0.05) is 11.5 Å². The quantitative estimate of drug-likeness (QED) is 0.730. The number of imide groups is 1. The molecule has 0 aliphatic carbocycles. The summed E-state index contributed by atoms with van der Waals surface area (Å²) in [6, 6.07) is 2.73. The summed E-state index contributed by atoms with van der Waals surface area (Å²) in [5, 5.41) is 4.56. The zero-order chi connectivity index (χ0) is 17.6. The van der Waals surface area contributed by atoms with E-state index in [0.29, 0.717) is 10.8 Å². The van der Waals surface area contributed by atoms with Crippen LogP contribution in [-0.4, -0.2) is 37.7 Å². The van der Waals surface area contributed by atoms with E-state index in [0.717, 1.165) is 10.0 Å². The van der Waals surface area contributed by atoms with Crippen LogP contribution < -0.4 is 15.4 Å². The lowest BCUT2D eigenvalue weighted by molar-refractivity contribution is -0.156. The van der Waals surface area contributed by atoms with Gasteiger partial charge in [-0.3, -0.25) is 10.1 Å². The van der Waals surface area contributed by atoms with Crippen LogP contribution in [0.3, 0.4) is 0 Å². The molecule has 9 heteroatoms. The topological polar surface area (TPSA) is 93.7 Å². The Bertz CT molecular complexity index is 600. The molecule has 0 saturated carbocycles. The summed E-state index contributed by atoms with van der Waals surface area (Å²) in [4.78, 5) is 34.2. The highest BCUT2D eigenvalue weighted by molar-refractivity contribution is 9.10. The van der Waals surface area contributed by atoms with Gasteiger partial charge in [0.25, 0.3) is 5.91 Å². The van der Waals surface area contributed by atoms with E-state index in [2.05, 4.69) is 21.2 Å². The van der Waals surface area contributed by atoms with E-state index >= 15 is 0 Å². The normalized spacial score (nSPS) is 11.3. The molecule has 2 N–H and O–H groups in total. The van der Waals surface area contributed by atoms with E-state index in [1.807, 2.05) is 5.32 Å². The zero-order valence-corrected chi connectivity index (χ0v) is 15.1. The first kappa shape index (κ1) is 19.2. The van der Waals surface area contributed by atoms with Gasteiger partial charge in [-0.2, -0.15) is 0 Å². The van der Waals surface area contributed by atoms with Gasteiger partial charge in [-0.05, 0) is 31.5 Å². The molecule has 0 spiro atoms. The Hall–Kier alpha value is -1.80. The summed E-state index contributed by atoms with van der Waals surface area (Å²) in [5.41, 5.74) is 0.739. The van der Waals surface area contributed by atoms with Crippen molar-refractivity contribution < 1.29 is 23.9 Å². The van der Waals surface area contributed by atoms with E-state index in [1.165, 1.54) is 14.0 Å².